The number of fused-ring (bicyclic) bond motifs is 3. The predicted molar refractivity (Wildman–Crippen MR) is 104 cm³/mol. The molecule has 0 bridgehead atoms. The van der Waals surface area contributed by atoms with E-state index in [2.05, 4.69) is 66.0 Å². The van der Waals surface area contributed by atoms with Gasteiger partial charge < -0.3 is 14.8 Å². The van der Waals surface area contributed by atoms with E-state index in [1.54, 1.807) is 14.2 Å². The van der Waals surface area contributed by atoms with Crippen LogP contribution >= 0.6 is 0 Å². The Morgan fingerprint density at radius 2 is 1.38 bits per heavy atom. The van der Waals surface area contributed by atoms with E-state index in [4.69, 9.17) is 9.47 Å². The van der Waals surface area contributed by atoms with Crippen LogP contribution in [-0.2, 0) is 6.42 Å². The molecular weight excluding hydrogens is 322 g/mol. The summed E-state index contributed by atoms with van der Waals surface area (Å²) in [6, 6.07) is 24.1. The van der Waals surface area contributed by atoms with Crippen LogP contribution in [0.3, 0.4) is 0 Å². The topological polar surface area (TPSA) is 35.1 Å². The molecule has 3 nitrogen and oxygen atoms in total. The maximum Gasteiger partial charge on any atom is 0.160 e. The maximum absolute atomic E-state index is 5.41. The van der Waals surface area contributed by atoms with Crippen molar-refractivity contribution >= 4 is 0 Å². The summed E-state index contributed by atoms with van der Waals surface area (Å²) in [5.74, 6) is 1.57. The van der Waals surface area contributed by atoms with E-state index >= 15 is 0 Å². The van der Waals surface area contributed by atoms with Gasteiger partial charge in [-0.25, -0.2) is 0 Å². The first-order valence-electron chi connectivity index (χ1n) is 9.04. The van der Waals surface area contributed by atoms with Crippen LogP contribution in [0.5, 0.6) is 11.5 Å². The maximum atomic E-state index is 5.41. The van der Waals surface area contributed by atoms with Crippen LogP contribution in [0.2, 0.25) is 0 Å². The smallest absolute Gasteiger partial charge is 0.160 e. The highest BCUT2D eigenvalue weighted by Crippen LogP contribution is 2.41. The fourth-order valence-electron chi connectivity index (χ4n) is 3.90. The molecule has 0 spiro atoms. The summed E-state index contributed by atoms with van der Waals surface area (Å²) in [5, 5.41) is 2.45. The van der Waals surface area contributed by atoms with Crippen molar-refractivity contribution in [1.82, 2.24) is 0 Å². The predicted octanol–water partition coefficient (Wildman–Crippen LogP) is 3.58. The first-order valence-corrected chi connectivity index (χ1v) is 9.04. The molecule has 3 aromatic carbocycles. The molecule has 0 heterocycles. The zero-order valence-electron chi connectivity index (χ0n) is 15.2. The second-order valence-corrected chi connectivity index (χ2v) is 6.62. The number of hydrogen-bond donors (Lipinski definition) is 1. The Morgan fingerprint density at radius 1 is 0.769 bits per heavy atom. The molecule has 0 unspecified atom stereocenters. The van der Waals surface area contributed by atoms with Gasteiger partial charge in [0.15, 0.2) is 11.5 Å². The van der Waals surface area contributed by atoms with Crippen LogP contribution < -0.4 is 14.8 Å². The van der Waals surface area contributed by atoms with E-state index in [1.807, 2.05) is 6.07 Å². The van der Waals surface area contributed by atoms with Gasteiger partial charge in [-0.1, -0.05) is 54.6 Å². The Bertz CT molecular complexity index is 874. The van der Waals surface area contributed by atoms with Crippen molar-refractivity contribution < 1.29 is 14.8 Å². The first-order chi connectivity index (χ1) is 12.8. The van der Waals surface area contributed by atoms with Gasteiger partial charge in [-0.15, -0.1) is 0 Å². The van der Waals surface area contributed by atoms with Crippen LogP contribution in [-0.4, -0.2) is 20.8 Å². The second kappa shape index (κ2) is 7.22. The van der Waals surface area contributed by atoms with E-state index in [-0.39, 0.29) is 0 Å². The van der Waals surface area contributed by atoms with Crippen molar-refractivity contribution in [2.75, 3.05) is 20.8 Å². The number of quaternary nitrogens is 1. The molecule has 132 valence electrons. The summed E-state index contributed by atoms with van der Waals surface area (Å²) in [7, 11) is 3.35. The molecule has 4 rings (SSSR count). The van der Waals surface area contributed by atoms with Crippen LogP contribution in [0.15, 0.2) is 66.7 Å². The Labute approximate surface area is 154 Å². The van der Waals surface area contributed by atoms with Crippen LogP contribution in [0.4, 0.5) is 0 Å². The molecule has 0 aliphatic heterocycles. The molecule has 0 amide bonds. The Kier molecular flexibility index (Phi) is 4.63. The minimum Gasteiger partial charge on any atom is -0.493 e. The molecule has 26 heavy (non-hydrogen) atoms. The van der Waals surface area contributed by atoms with E-state index in [1.165, 1.54) is 27.8 Å². The third-order valence-corrected chi connectivity index (χ3v) is 5.17. The summed E-state index contributed by atoms with van der Waals surface area (Å²) in [6.45, 7) is 1.02. The number of hydrogen-bond acceptors (Lipinski definition) is 2. The average Bonchev–Trinajstić information content (AvgIpc) is 3.02. The highest BCUT2D eigenvalue weighted by Gasteiger charge is 2.30. The fraction of sp³-hybridized carbons (Fsp3) is 0.217. The van der Waals surface area contributed by atoms with Gasteiger partial charge in [0, 0.05) is 17.5 Å². The lowest BCUT2D eigenvalue weighted by atomic mass is 10.0. The van der Waals surface area contributed by atoms with Gasteiger partial charge in [0.2, 0.25) is 0 Å². The van der Waals surface area contributed by atoms with Crippen molar-refractivity contribution in [3.8, 4) is 22.6 Å². The first kappa shape index (κ1) is 16.7. The van der Waals surface area contributed by atoms with Gasteiger partial charge in [-0.2, -0.15) is 0 Å². The third-order valence-electron chi connectivity index (χ3n) is 5.17. The van der Waals surface area contributed by atoms with Gasteiger partial charge in [0.05, 0.1) is 20.8 Å². The van der Waals surface area contributed by atoms with Crippen LogP contribution in [0.25, 0.3) is 11.1 Å². The normalized spacial score (nSPS) is 12.5. The summed E-state index contributed by atoms with van der Waals surface area (Å²) in [6.07, 6.45) is 0.987. The standard InChI is InChI=1S/C23H23NO2/c1-25-21-12-11-16(15-22(21)26-2)13-14-24-23-19-9-5-3-7-17(19)18-8-4-6-10-20(18)23/h3-12,15,23-24H,13-14H2,1-2H3/p+1. The fourth-order valence-corrected chi connectivity index (χ4v) is 3.90. The minimum atomic E-state index is 0.377. The number of ether oxygens (including phenoxy) is 2. The highest BCUT2D eigenvalue weighted by atomic mass is 16.5. The molecular formula is C23H24NO2+. The van der Waals surface area contributed by atoms with Gasteiger partial charge in [-0.05, 0) is 28.8 Å². The quantitative estimate of drug-likeness (QED) is 0.740. The zero-order chi connectivity index (χ0) is 17.9. The lowest BCUT2D eigenvalue weighted by Gasteiger charge is -2.13. The molecule has 2 N–H and O–H groups in total. The van der Waals surface area contributed by atoms with Gasteiger partial charge >= 0.3 is 0 Å². The van der Waals surface area contributed by atoms with Crippen molar-refractivity contribution in [2.45, 2.75) is 12.5 Å². The Balaban J connectivity index is 1.50. The summed E-state index contributed by atoms with van der Waals surface area (Å²) < 4.78 is 10.7. The number of nitrogens with two attached hydrogens (primary N) is 1. The van der Waals surface area contributed by atoms with Crippen LogP contribution in [0.1, 0.15) is 22.7 Å². The third kappa shape index (κ3) is 2.95. The van der Waals surface area contributed by atoms with Crippen LogP contribution in [0, 0.1) is 0 Å². The highest BCUT2D eigenvalue weighted by molar-refractivity contribution is 5.77. The van der Waals surface area contributed by atoms with Gasteiger partial charge in [0.25, 0.3) is 0 Å². The SMILES string of the molecule is COc1ccc(CC[NH2+]C2c3ccccc3-c3ccccc32)cc1OC. The number of benzene rings is 3. The lowest BCUT2D eigenvalue weighted by molar-refractivity contribution is -0.686. The van der Waals surface area contributed by atoms with Crippen molar-refractivity contribution in [3.63, 3.8) is 0 Å². The van der Waals surface area contributed by atoms with Crippen molar-refractivity contribution in [1.29, 1.82) is 0 Å². The Hall–Kier alpha value is -2.78. The molecule has 1 aliphatic rings. The molecule has 1 aliphatic carbocycles. The molecule has 0 saturated heterocycles. The molecule has 3 heteroatoms. The van der Waals surface area contributed by atoms with E-state index in [9.17, 15) is 0 Å². The Morgan fingerprint density at radius 3 is 2.00 bits per heavy atom. The molecule has 0 aromatic heterocycles. The molecule has 3 aromatic rings. The van der Waals surface area contributed by atoms with E-state index in [0.717, 1.165) is 24.5 Å². The molecule has 0 fully saturated rings. The lowest BCUT2D eigenvalue weighted by Crippen LogP contribution is -2.85. The molecule has 0 atom stereocenters. The second-order valence-electron chi connectivity index (χ2n) is 6.62. The number of rotatable bonds is 6. The monoisotopic (exact) mass is 346 g/mol. The summed E-state index contributed by atoms with van der Waals surface area (Å²) >= 11 is 0. The number of methoxy groups -OCH3 is 2. The summed E-state index contributed by atoms with van der Waals surface area (Å²) in [4.78, 5) is 0. The van der Waals surface area contributed by atoms with Gasteiger partial charge in [0.1, 0.15) is 6.04 Å². The van der Waals surface area contributed by atoms with Crippen molar-refractivity contribution in [3.05, 3.63) is 83.4 Å². The van der Waals surface area contributed by atoms with Crippen molar-refractivity contribution in [2.24, 2.45) is 0 Å². The zero-order valence-corrected chi connectivity index (χ0v) is 15.2. The minimum absolute atomic E-state index is 0.377. The molecule has 0 radical (unpaired) electrons. The van der Waals surface area contributed by atoms with E-state index in [0.29, 0.717) is 6.04 Å². The largest absolute Gasteiger partial charge is 0.493 e. The van der Waals surface area contributed by atoms with Gasteiger partial charge in [-0.3, -0.25) is 0 Å². The average molecular weight is 346 g/mol. The van der Waals surface area contributed by atoms with E-state index < -0.39 is 0 Å². The molecule has 0 saturated carbocycles. The summed E-state index contributed by atoms with van der Waals surface area (Å²) in [5.41, 5.74) is 6.84.